The molecule has 0 heterocycles. The second kappa shape index (κ2) is 6.31. The van der Waals surface area contributed by atoms with Gasteiger partial charge in [-0.25, -0.2) is 0 Å². The Morgan fingerprint density at radius 1 is 1.50 bits per heavy atom. The van der Waals surface area contributed by atoms with Crippen LogP contribution in [0.25, 0.3) is 0 Å². The number of allylic oxidation sites excluding steroid dienone is 4. The molecule has 1 aliphatic carbocycles. The third-order valence-corrected chi connectivity index (χ3v) is 2.99. The van der Waals surface area contributed by atoms with Gasteiger partial charge in [-0.1, -0.05) is 25.3 Å². The summed E-state index contributed by atoms with van der Waals surface area (Å²) in [7, 11) is 0. The molecule has 0 amide bonds. The maximum Gasteiger partial charge on any atom is 0.306 e. The van der Waals surface area contributed by atoms with Crippen LogP contribution in [0.15, 0.2) is 36.5 Å². The van der Waals surface area contributed by atoms with Crippen molar-refractivity contribution in [2.45, 2.75) is 32.6 Å². The fourth-order valence-electron chi connectivity index (χ4n) is 2.25. The summed E-state index contributed by atoms with van der Waals surface area (Å²) in [6.45, 7) is 9.92. The first-order valence-electron chi connectivity index (χ1n) is 5.86. The predicted octanol–water partition coefficient (Wildman–Crippen LogP) is 3.41. The van der Waals surface area contributed by atoms with Gasteiger partial charge in [0.1, 0.15) is 0 Å². The van der Waals surface area contributed by atoms with Crippen LogP contribution in [0.3, 0.4) is 0 Å². The quantitative estimate of drug-likeness (QED) is 0.664. The van der Waals surface area contributed by atoms with Gasteiger partial charge in [-0.3, -0.25) is 4.79 Å². The molecule has 0 bridgehead atoms. The maximum absolute atomic E-state index is 11.5. The summed E-state index contributed by atoms with van der Waals surface area (Å²) in [6.07, 6.45) is 7.41. The molecule has 0 aromatic heterocycles. The molecule has 16 heavy (non-hydrogen) atoms. The van der Waals surface area contributed by atoms with E-state index in [0.29, 0.717) is 13.0 Å². The molecule has 0 N–H and O–H groups in total. The number of hydrogen-bond acceptors (Lipinski definition) is 2. The highest BCUT2D eigenvalue weighted by atomic mass is 16.5. The number of hydrogen-bond donors (Lipinski definition) is 0. The number of carbonyl (C=O) groups excluding carboxylic acids is 1. The molecule has 2 heteroatoms. The topological polar surface area (TPSA) is 26.3 Å². The zero-order chi connectivity index (χ0) is 12.0. The standard InChI is InChI=1S/C14H20O2/c1-4-11-8-7-9-12(13(11)5-2)10-14(15)16-6-3/h4-5,12H,1-2,6-10H2,3H3. The summed E-state index contributed by atoms with van der Waals surface area (Å²) < 4.78 is 4.98. The van der Waals surface area contributed by atoms with E-state index in [4.69, 9.17) is 4.74 Å². The van der Waals surface area contributed by atoms with E-state index in [9.17, 15) is 4.79 Å². The van der Waals surface area contributed by atoms with Gasteiger partial charge in [0.05, 0.1) is 13.0 Å². The van der Waals surface area contributed by atoms with Crippen molar-refractivity contribution < 1.29 is 9.53 Å². The molecule has 0 aromatic carbocycles. The van der Waals surface area contributed by atoms with Gasteiger partial charge in [-0.2, -0.15) is 0 Å². The molecule has 2 nitrogen and oxygen atoms in total. The van der Waals surface area contributed by atoms with E-state index in [1.165, 1.54) is 11.1 Å². The first-order chi connectivity index (χ1) is 7.72. The van der Waals surface area contributed by atoms with Crippen molar-refractivity contribution in [1.82, 2.24) is 0 Å². The largest absolute Gasteiger partial charge is 0.466 e. The molecule has 0 aromatic rings. The minimum absolute atomic E-state index is 0.114. The Kier molecular flexibility index (Phi) is 5.03. The Morgan fingerprint density at radius 3 is 2.81 bits per heavy atom. The fraction of sp³-hybridized carbons (Fsp3) is 0.500. The van der Waals surface area contributed by atoms with E-state index < -0.39 is 0 Å². The minimum atomic E-state index is -0.114. The van der Waals surface area contributed by atoms with Crippen molar-refractivity contribution in [2.75, 3.05) is 6.61 Å². The molecule has 1 aliphatic rings. The molecular formula is C14H20O2. The van der Waals surface area contributed by atoms with Gasteiger partial charge >= 0.3 is 5.97 Å². The lowest BCUT2D eigenvalue weighted by molar-refractivity contribution is -0.144. The van der Waals surface area contributed by atoms with Crippen molar-refractivity contribution in [3.05, 3.63) is 36.5 Å². The first kappa shape index (κ1) is 12.8. The average Bonchev–Trinajstić information content (AvgIpc) is 2.29. The predicted molar refractivity (Wildman–Crippen MR) is 66.0 cm³/mol. The number of rotatable bonds is 5. The van der Waals surface area contributed by atoms with Crippen LogP contribution in [0.2, 0.25) is 0 Å². The molecule has 1 atom stereocenters. The van der Waals surface area contributed by atoms with Crippen molar-refractivity contribution in [1.29, 1.82) is 0 Å². The summed E-state index contributed by atoms with van der Waals surface area (Å²) in [5, 5.41) is 0. The zero-order valence-corrected chi connectivity index (χ0v) is 10.00. The van der Waals surface area contributed by atoms with Crippen LogP contribution in [0.1, 0.15) is 32.6 Å². The van der Waals surface area contributed by atoms with Gasteiger partial charge in [0.25, 0.3) is 0 Å². The number of esters is 1. The third-order valence-electron chi connectivity index (χ3n) is 2.99. The molecule has 0 aliphatic heterocycles. The molecule has 1 rings (SSSR count). The third kappa shape index (κ3) is 3.09. The van der Waals surface area contributed by atoms with E-state index in [1.807, 2.05) is 19.1 Å². The smallest absolute Gasteiger partial charge is 0.306 e. The van der Waals surface area contributed by atoms with Gasteiger partial charge in [0.2, 0.25) is 0 Å². The Balaban J connectivity index is 2.75. The normalized spacial score (nSPS) is 20.4. The van der Waals surface area contributed by atoms with Crippen LogP contribution in [-0.4, -0.2) is 12.6 Å². The van der Waals surface area contributed by atoms with E-state index in [-0.39, 0.29) is 11.9 Å². The van der Waals surface area contributed by atoms with Gasteiger partial charge in [-0.05, 0) is 43.3 Å². The molecule has 88 valence electrons. The lowest BCUT2D eigenvalue weighted by atomic mass is 9.81. The Morgan fingerprint density at radius 2 is 2.25 bits per heavy atom. The monoisotopic (exact) mass is 220 g/mol. The van der Waals surface area contributed by atoms with Crippen LogP contribution < -0.4 is 0 Å². The molecule has 0 saturated heterocycles. The lowest BCUT2D eigenvalue weighted by Gasteiger charge is -2.25. The lowest BCUT2D eigenvalue weighted by Crippen LogP contribution is -2.16. The summed E-state index contributed by atoms with van der Waals surface area (Å²) in [5.41, 5.74) is 2.41. The van der Waals surface area contributed by atoms with Crippen molar-refractivity contribution in [3.63, 3.8) is 0 Å². The summed E-state index contributed by atoms with van der Waals surface area (Å²) in [6, 6.07) is 0. The molecule has 0 saturated carbocycles. The van der Waals surface area contributed by atoms with Gasteiger partial charge in [-0.15, -0.1) is 0 Å². The number of ether oxygens (including phenoxy) is 1. The van der Waals surface area contributed by atoms with E-state index >= 15 is 0 Å². The Labute approximate surface area is 97.7 Å². The highest BCUT2D eigenvalue weighted by Crippen LogP contribution is 2.33. The molecule has 0 fully saturated rings. The van der Waals surface area contributed by atoms with Gasteiger partial charge < -0.3 is 4.74 Å². The fourth-order valence-corrected chi connectivity index (χ4v) is 2.25. The summed E-state index contributed by atoms with van der Waals surface area (Å²) in [5.74, 6) is 0.149. The molecule has 1 unspecified atom stereocenters. The summed E-state index contributed by atoms with van der Waals surface area (Å²) in [4.78, 5) is 11.5. The van der Waals surface area contributed by atoms with Gasteiger partial charge in [0, 0.05) is 0 Å². The van der Waals surface area contributed by atoms with E-state index in [1.54, 1.807) is 0 Å². The van der Waals surface area contributed by atoms with Crippen molar-refractivity contribution in [2.24, 2.45) is 5.92 Å². The van der Waals surface area contributed by atoms with E-state index in [0.717, 1.165) is 19.3 Å². The van der Waals surface area contributed by atoms with Crippen LogP contribution in [0.5, 0.6) is 0 Å². The van der Waals surface area contributed by atoms with Crippen LogP contribution in [-0.2, 0) is 9.53 Å². The highest BCUT2D eigenvalue weighted by molar-refractivity contribution is 5.70. The maximum atomic E-state index is 11.5. The second-order valence-corrected chi connectivity index (χ2v) is 3.99. The minimum Gasteiger partial charge on any atom is -0.466 e. The number of carbonyl (C=O) groups is 1. The first-order valence-corrected chi connectivity index (χ1v) is 5.86. The van der Waals surface area contributed by atoms with Gasteiger partial charge in [0.15, 0.2) is 0 Å². The van der Waals surface area contributed by atoms with Crippen molar-refractivity contribution in [3.8, 4) is 0 Å². The van der Waals surface area contributed by atoms with Crippen LogP contribution in [0.4, 0.5) is 0 Å². The Bertz CT molecular complexity index is 313. The zero-order valence-electron chi connectivity index (χ0n) is 10.00. The van der Waals surface area contributed by atoms with Crippen molar-refractivity contribution >= 4 is 5.97 Å². The Hall–Kier alpha value is -1.31. The summed E-state index contributed by atoms with van der Waals surface area (Å²) >= 11 is 0. The average molecular weight is 220 g/mol. The second-order valence-electron chi connectivity index (χ2n) is 3.99. The highest BCUT2D eigenvalue weighted by Gasteiger charge is 2.22. The molecule has 0 spiro atoms. The van der Waals surface area contributed by atoms with Crippen LogP contribution >= 0.6 is 0 Å². The van der Waals surface area contributed by atoms with E-state index in [2.05, 4.69) is 13.2 Å². The molecular weight excluding hydrogens is 200 g/mol. The molecule has 0 radical (unpaired) electrons. The SMILES string of the molecule is C=CC1=C(C=C)C(CC(=O)OCC)CCC1. The van der Waals surface area contributed by atoms with Crippen LogP contribution in [0, 0.1) is 5.92 Å².